The van der Waals surface area contributed by atoms with E-state index >= 15 is 0 Å². The van der Waals surface area contributed by atoms with Gasteiger partial charge in [0.2, 0.25) is 5.91 Å². The number of amides is 1. The average Bonchev–Trinajstić information content (AvgIpc) is 2.69. The zero-order chi connectivity index (χ0) is 22.6. The largest absolute Gasteiger partial charge is 0.464 e. The molecule has 1 aromatic heterocycles. The van der Waals surface area contributed by atoms with Crippen LogP contribution in [-0.4, -0.2) is 10.8 Å². The zero-order valence-corrected chi connectivity index (χ0v) is 19.3. The second-order valence-electron chi connectivity index (χ2n) is 9.90. The van der Waals surface area contributed by atoms with Gasteiger partial charge in [0.15, 0.2) is 5.43 Å². The van der Waals surface area contributed by atoms with Gasteiger partial charge in [0.05, 0.1) is 23.8 Å². The molecule has 0 saturated heterocycles. The van der Waals surface area contributed by atoms with Crippen LogP contribution < -0.4 is 5.43 Å². The summed E-state index contributed by atoms with van der Waals surface area (Å²) < 4.78 is 5.72. The monoisotopic (exact) mass is 419 g/mol. The van der Waals surface area contributed by atoms with Crippen LogP contribution in [0.25, 0.3) is 11.0 Å². The van der Waals surface area contributed by atoms with Gasteiger partial charge in [-0.2, -0.15) is 0 Å². The van der Waals surface area contributed by atoms with Gasteiger partial charge in [-0.15, -0.1) is 0 Å². The summed E-state index contributed by atoms with van der Waals surface area (Å²) in [5.41, 5.74) is 3.22. The maximum atomic E-state index is 13.3. The quantitative estimate of drug-likeness (QED) is 0.465. The molecule has 1 heterocycles. The molecule has 0 bridgehead atoms. The summed E-state index contributed by atoms with van der Waals surface area (Å²) in [6.45, 7) is 11.4. The molecule has 4 nitrogen and oxygen atoms in total. The van der Waals surface area contributed by atoms with Gasteiger partial charge < -0.3 is 9.32 Å². The Morgan fingerprint density at radius 2 is 1.77 bits per heavy atom. The molecule has 164 valence electrons. The molecule has 0 aliphatic heterocycles. The fourth-order valence-electron chi connectivity index (χ4n) is 4.18. The van der Waals surface area contributed by atoms with E-state index in [0.29, 0.717) is 29.5 Å². The van der Waals surface area contributed by atoms with Gasteiger partial charge in [-0.3, -0.25) is 9.59 Å². The highest BCUT2D eigenvalue weighted by Crippen LogP contribution is 2.27. The molecule has 2 aromatic carbocycles. The Kier molecular flexibility index (Phi) is 6.99. The van der Waals surface area contributed by atoms with Crippen LogP contribution >= 0.6 is 0 Å². The lowest BCUT2D eigenvalue weighted by Gasteiger charge is -2.27. The van der Waals surface area contributed by atoms with Gasteiger partial charge in [0.1, 0.15) is 5.58 Å². The van der Waals surface area contributed by atoms with Crippen molar-refractivity contribution in [2.75, 3.05) is 0 Å². The number of carbonyl (C=O) groups excluding carboxylic acids is 1. The molecular formula is C27H33NO3. The molecule has 0 N–H and O–H groups in total. The zero-order valence-electron chi connectivity index (χ0n) is 19.3. The summed E-state index contributed by atoms with van der Waals surface area (Å²) in [5.74, 6) is 0.325. The van der Waals surface area contributed by atoms with Crippen LogP contribution in [0.3, 0.4) is 0 Å². The number of nitrogens with zero attached hydrogens (tertiary/aromatic N) is 1. The second kappa shape index (κ2) is 9.51. The fourth-order valence-corrected chi connectivity index (χ4v) is 4.18. The summed E-state index contributed by atoms with van der Waals surface area (Å²) in [5, 5.41) is 0.561. The van der Waals surface area contributed by atoms with Crippen LogP contribution in [0.1, 0.15) is 57.2 Å². The molecule has 1 unspecified atom stereocenters. The maximum Gasteiger partial charge on any atom is 0.223 e. The predicted octanol–water partition coefficient (Wildman–Crippen LogP) is 6.09. The lowest BCUT2D eigenvalue weighted by atomic mass is 9.84. The van der Waals surface area contributed by atoms with E-state index in [9.17, 15) is 9.59 Å². The molecule has 0 radical (unpaired) electrons. The number of aryl methyl sites for hydroxylation is 1. The molecule has 0 aliphatic rings. The summed E-state index contributed by atoms with van der Waals surface area (Å²) in [4.78, 5) is 28.2. The highest BCUT2D eigenvalue weighted by atomic mass is 16.3. The molecule has 1 amide bonds. The van der Waals surface area contributed by atoms with Crippen LogP contribution in [-0.2, 0) is 17.9 Å². The molecule has 0 spiro atoms. The van der Waals surface area contributed by atoms with E-state index in [4.69, 9.17) is 4.42 Å². The van der Waals surface area contributed by atoms with Crippen LogP contribution in [0.4, 0.5) is 0 Å². The second-order valence-corrected chi connectivity index (χ2v) is 9.90. The van der Waals surface area contributed by atoms with Crippen LogP contribution in [0.5, 0.6) is 0 Å². The summed E-state index contributed by atoms with van der Waals surface area (Å²) in [7, 11) is 0. The topological polar surface area (TPSA) is 50.5 Å². The van der Waals surface area contributed by atoms with E-state index in [1.54, 1.807) is 4.90 Å². The summed E-state index contributed by atoms with van der Waals surface area (Å²) >= 11 is 0. The third-order valence-corrected chi connectivity index (χ3v) is 5.41. The standard InChI is InChI=1S/C27H33NO3/c1-19-11-12-24-23(13-19)26(30)22(18-31-24)17-28(16-21-9-7-6-8-10-21)25(29)14-20(2)15-27(3,4)5/h6-13,18,20H,14-17H2,1-5H3. The summed E-state index contributed by atoms with van der Waals surface area (Å²) in [6.07, 6.45) is 2.93. The van der Waals surface area contributed by atoms with Crippen LogP contribution in [0.15, 0.2) is 64.0 Å². The van der Waals surface area contributed by atoms with Crippen molar-refractivity contribution in [3.8, 4) is 0 Å². The van der Waals surface area contributed by atoms with E-state index in [-0.39, 0.29) is 29.2 Å². The molecule has 4 heteroatoms. The number of benzene rings is 2. The normalized spacial score (nSPS) is 12.7. The maximum absolute atomic E-state index is 13.3. The SMILES string of the molecule is Cc1ccc2occ(CN(Cc3ccccc3)C(=O)CC(C)CC(C)(C)C)c(=O)c2c1. The number of rotatable bonds is 7. The van der Waals surface area contributed by atoms with Crippen LogP contribution in [0, 0.1) is 18.3 Å². The minimum absolute atomic E-state index is 0.0596. The molecule has 0 saturated carbocycles. The molecule has 0 fully saturated rings. The first kappa shape index (κ1) is 22.8. The van der Waals surface area contributed by atoms with E-state index < -0.39 is 0 Å². The highest BCUT2D eigenvalue weighted by molar-refractivity contribution is 5.78. The number of carbonyl (C=O) groups is 1. The van der Waals surface area contributed by atoms with E-state index in [2.05, 4.69) is 27.7 Å². The van der Waals surface area contributed by atoms with Crippen molar-refractivity contribution in [1.82, 2.24) is 4.90 Å². The van der Waals surface area contributed by atoms with Crippen molar-refractivity contribution in [3.05, 3.63) is 81.7 Å². The smallest absolute Gasteiger partial charge is 0.223 e. The number of fused-ring (bicyclic) bond motifs is 1. The molecule has 0 aliphatic carbocycles. The first-order valence-corrected chi connectivity index (χ1v) is 10.9. The van der Waals surface area contributed by atoms with Gasteiger partial charge in [-0.05, 0) is 42.4 Å². The van der Waals surface area contributed by atoms with Crippen molar-refractivity contribution in [2.45, 2.75) is 60.5 Å². The highest BCUT2D eigenvalue weighted by Gasteiger charge is 2.22. The van der Waals surface area contributed by atoms with Gasteiger partial charge >= 0.3 is 0 Å². The Hall–Kier alpha value is -2.88. The molecule has 3 rings (SSSR count). The van der Waals surface area contributed by atoms with Crippen molar-refractivity contribution >= 4 is 16.9 Å². The van der Waals surface area contributed by atoms with Crippen molar-refractivity contribution < 1.29 is 9.21 Å². The Morgan fingerprint density at radius 1 is 1.06 bits per heavy atom. The average molecular weight is 420 g/mol. The van der Waals surface area contributed by atoms with Crippen molar-refractivity contribution in [3.63, 3.8) is 0 Å². The Bertz CT molecular complexity index is 1090. The minimum atomic E-state index is -0.0708. The van der Waals surface area contributed by atoms with Crippen molar-refractivity contribution in [2.24, 2.45) is 11.3 Å². The van der Waals surface area contributed by atoms with Gasteiger partial charge in [0, 0.05) is 13.0 Å². The van der Waals surface area contributed by atoms with Crippen molar-refractivity contribution in [1.29, 1.82) is 0 Å². The van der Waals surface area contributed by atoms with Gasteiger partial charge in [-0.25, -0.2) is 0 Å². The third kappa shape index (κ3) is 6.30. The fraction of sp³-hybridized carbons (Fsp3) is 0.407. The first-order valence-electron chi connectivity index (χ1n) is 10.9. The third-order valence-electron chi connectivity index (χ3n) is 5.41. The van der Waals surface area contributed by atoms with Crippen LogP contribution in [0.2, 0.25) is 0 Å². The first-order chi connectivity index (χ1) is 14.6. The van der Waals surface area contributed by atoms with E-state index in [1.807, 2.05) is 55.5 Å². The number of hydrogen-bond donors (Lipinski definition) is 0. The molecule has 31 heavy (non-hydrogen) atoms. The Labute approximate surface area is 184 Å². The molecule has 3 aromatic rings. The minimum Gasteiger partial charge on any atom is -0.464 e. The lowest BCUT2D eigenvalue weighted by Crippen LogP contribution is -2.33. The van der Waals surface area contributed by atoms with Gasteiger partial charge in [-0.1, -0.05) is 69.7 Å². The molecular weight excluding hydrogens is 386 g/mol. The van der Waals surface area contributed by atoms with E-state index in [1.165, 1.54) is 6.26 Å². The lowest BCUT2D eigenvalue weighted by molar-refractivity contribution is -0.133. The van der Waals surface area contributed by atoms with E-state index in [0.717, 1.165) is 17.5 Å². The Balaban J connectivity index is 1.88. The summed E-state index contributed by atoms with van der Waals surface area (Å²) in [6, 6.07) is 15.5. The Morgan fingerprint density at radius 3 is 2.45 bits per heavy atom. The predicted molar refractivity (Wildman–Crippen MR) is 126 cm³/mol. The molecule has 1 atom stereocenters. The van der Waals surface area contributed by atoms with Gasteiger partial charge in [0.25, 0.3) is 0 Å². The number of hydrogen-bond acceptors (Lipinski definition) is 3.